The first kappa shape index (κ1) is 27.7. The summed E-state index contributed by atoms with van der Waals surface area (Å²) in [4.78, 5) is 27.5. The number of hydrogen-bond donors (Lipinski definition) is 2. The van der Waals surface area contributed by atoms with Crippen LogP contribution in [0.25, 0.3) is 0 Å². The lowest BCUT2D eigenvalue weighted by molar-refractivity contribution is -0.137. The molecule has 2 aromatic carbocycles. The van der Waals surface area contributed by atoms with Gasteiger partial charge in [0.05, 0.1) is 24.7 Å². The molecule has 5 nitrogen and oxygen atoms in total. The number of hydrogen-bond acceptors (Lipinski definition) is 4. The van der Waals surface area contributed by atoms with Gasteiger partial charge in [0.2, 0.25) is 5.91 Å². The van der Waals surface area contributed by atoms with Gasteiger partial charge in [0.1, 0.15) is 10.8 Å². The number of alkyl halides is 3. The van der Waals surface area contributed by atoms with Gasteiger partial charge in [0.25, 0.3) is 5.91 Å². The highest BCUT2D eigenvalue weighted by atomic mass is 32.1. The Labute approximate surface area is 224 Å². The van der Waals surface area contributed by atoms with Gasteiger partial charge in [-0.05, 0) is 72.1 Å². The van der Waals surface area contributed by atoms with Crippen molar-refractivity contribution in [2.24, 2.45) is 11.3 Å². The quantitative estimate of drug-likeness (QED) is 0.341. The number of thiophene rings is 1. The number of halogens is 3. The van der Waals surface area contributed by atoms with Crippen molar-refractivity contribution in [2.45, 2.75) is 52.6 Å². The standard InChI is InChI=1S/C29H31F3N2O3S/c1-28(2,3)18-10-13-22-23(16-18)38-27(34-24(35)14-17-8-11-21(37-4)12-9-17)25(22)26(36)33-20-7-5-6-19(15-20)29(30,31)32/h5-9,11-12,15,18H,10,13-14,16H2,1-4H3,(H,33,36)(H,34,35). The molecule has 1 aliphatic rings. The van der Waals surface area contributed by atoms with Crippen molar-refractivity contribution >= 4 is 33.8 Å². The van der Waals surface area contributed by atoms with Crippen molar-refractivity contribution in [3.05, 3.63) is 75.7 Å². The van der Waals surface area contributed by atoms with E-state index in [1.165, 1.54) is 23.5 Å². The molecule has 4 rings (SSSR count). The zero-order chi connectivity index (χ0) is 27.7. The minimum atomic E-state index is -4.52. The molecule has 38 heavy (non-hydrogen) atoms. The topological polar surface area (TPSA) is 67.4 Å². The maximum Gasteiger partial charge on any atom is 0.416 e. The van der Waals surface area contributed by atoms with E-state index in [9.17, 15) is 22.8 Å². The second-order valence-electron chi connectivity index (χ2n) is 10.6. The number of benzene rings is 2. The molecule has 0 saturated carbocycles. The molecule has 0 bridgehead atoms. The SMILES string of the molecule is COc1ccc(CC(=O)Nc2sc3c(c2C(=O)Nc2cccc(C(F)(F)F)c2)CCC(C(C)(C)C)C3)cc1. The molecule has 0 aliphatic heterocycles. The number of amides is 2. The van der Waals surface area contributed by atoms with Crippen LogP contribution >= 0.6 is 11.3 Å². The summed E-state index contributed by atoms with van der Waals surface area (Å²) in [7, 11) is 1.57. The maximum atomic E-state index is 13.5. The van der Waals surface area contributed by atoms with Crippen LogP contribution in [0.15, 0.2) is 48.5 Å². The second-order valence-corrected chi connectivity index (χ2v) is 11.7. The molecule has 2 amide bonds. The van der Waals surface area contributed by atoms with E-state index >= 15 is 0 Å². The van der Waals surface area contributed by atoms with Crippen molar-refractivity contribution in [1.29, 1.82) is 0 Å². The van der Waals surface area contributed by atoms with Gasteiger partial charge >= 0.3 is 6.18 Å². The van der Waals surface area contributed by atoms with E-state index in [1.807, 2.05) is 0 Å². The van der Waals surface area contributed by atoms with E-state index in [-0.39, 0.29) is 23.4 Å². The van der Waals surface area contributed by atoms with Gasteiger partial charge in [0, 0.05) is 10.6 Å². The third kappa shape index (κ3) is 6.38. The number of nitrogens with one attached hydrogen (secondary N) is 2. The summed E-state index contributed by atoms with van der Waals surface area (Å²) in [6, 6.07) is 11.7. The van der Waals surface area contributed by atoms with Gasteiger partial charge in [-0.2, -0.15) is 13.2 Å². The predicted octanol–water partition coefficient (Wildman–Crippen LogP) is 7.36. The first-order valence-corrected chi connectivity index (χ1v) is 13.2. The first-order valence-electron chi connectivity index (χ1n) is 12.4. The fourth-order valence-electron chi connectivity index (χ4n) is 4.72. The molecular formula is C29H31F3N2O3S. The Balaban J connectivity index is 1.62. The summed E-state index contributed by atoms with van der Waals surface area (Å²) >= 11 is 1.38. The van der Waals surface area contributed by atoms with Crippen LogP contribution < -0.4 is 15.4 Å². The minimum Gasteiger partial charge on any atom is -0.497 e. The van der Waals surface area contributed by atoms with Crippen molar-refractivity contribution in [2.75, 3.05) is 17.7 Å². The summed E-state index contributed by atoms with van der Waals surface area (Å²) in [6.07, 6.45) is -2.10. The van der Waals surface area contributed by atoms with E-state index in [0.717, 1.165) is 41.0 Å². The van der Waals surface area contributed by atoms with Crippen LogP contribution in [0.1, 0.15) is 59.1 Å². The number of anilines is 2. The van der Waals surface area contributed by atoms with Gasteiger partial charge in [0.15, 0.2) is 0 Å². The molecule has 1 aromatic heterocycles. The van der Waals surface area contributed by atoms with Crippen LogP contribution in [0, 0.1) is 11.3 Å². The lowest BCUT2D eigenvalue weighted by Crippen LogP contribution is -2.27. The van der Waals surface area contributed by atoms with E-state index in [2.05, 4.69) is 31.4 Å². The minimum absolute atomic E-state index is 0.0451. The normalized spacial score (nSPS) is 15.5. The lowest BCUT2D eigenvalue weighted by atomic mass is 9.72. The zero-order valence-electron chi connectivity index (χ0n) is 21.8. The molecule has 0 spiro atoms. The highest BCUT2D eigenvalue weighted by molar-refractivity contribution is 7.17. The fourth-order valence-corrected chi connectivity index (χ4v) is 6.06. The molecule has 202 valence electrons. The molecule has 3 aromatic rings. The molecule has 1 unspecified atom stereocenters. The highest BCUT2D eigenvalue weighted by Gasteiger charge is 2.35. The van der Waals surface area contributed by atoms with Gasteiger partial charge in [-0.15, -0.1) is 11.3 Å². The smallest absolute Gasteiger partial charge is 0.416 e. The average molecular weight is 545 g/mol. The van der Waals surface area contributed by atoms with E-state index < -0.39 is 17.6 Å². The molecule has 0 saturated heterocycles. The highest BCUT2D eigenvalue weighted by Crippen LogP contribution is 2.44. The Hall–Kier alpha value is -3.33. The Morgan fingerprint density at radius 3 is 2.39 bits per heavy atom. The summed E-state index contributed by atoms with van der Waals surface area (Å²) < 4.78 is 44.8. The van der Waals surface area contributed by atoms with Crippen LogP contribution in [0.5, 0.6) is 5.75 Å². The van der Waals surface area contributed by atoms with Crippen LogP contribution in [0.2, 0.25) is 0 Å². The van der Waals surface area contributed by atoms with E-state index in [4.69, 9.17) is 4.74 Å². The molecule has 0 fully saturated rings. The Morgan fingerprint density at radius 2 is 1.76 bits per heavy atom. The Morgan fingerprint density at radius 1 is 1.05 bits per heavy atom. The van der Waals surface area contributed by atoms with Crippen LogP contribution in [-0.4, -0.2) is 18.9 Å². The zero-order valence-corrected chi connectivity index (χ0v) is 22.6. The van der Waals surface area contributed by atoms with Crippen LogP contribution in [0.3, 0.4) is 0 Å². The van der Waals surface area contributed by atoms with Crippen LogP contribution in [0.4, 0.5) is 23.9 Å². The van der Waals surface area contributed by atoms with E-state index in [1.54, 1.807) is 31.4 Å². The summed E-state index contributed by atoms with van der Waals surface area (Å²) in [6.45, 7) is 6.57. The molecule has 1 heterocycles. The van der Waals surface area contributed by atoms with Crippen molar-refractivity contribution < 1.29 is 27.5 Å². The van der Waals surface area contributed by atoms with E-state index in [0.29, 0.717) is 28.7 Å². The van der Waals surface area contributed by atoms with Gasteiger partial charge < -0.3 is 15.4 Å². The number of carbonyl (C=O) groups is 2. The monoisotopic (exact) mass is 544 g/mol. The summed E-state index contributed by atoms with van der Waals surface area (Å²) in [5.74, 6) is 0.281. The third-order valence-corrected chi connectivity index (χ3v) is 8.11. The Bertz CT molecular complexity index is 1320. The molecule has 2 N–H and O–H groups in total. The van der Waals surface area contributed by atoms with Gasteiger partial charge in [-0.1, -0.05) is 39.0 Å². The third-order valence-electron chi connectivity index (χ3n) is 6.94. The number of carbonyl (C=O) groups excluding carboxylic acids is 2. The molecule has 1 atom stereocenters. The fraction of sp³-hybridized carbons (Fsp3) is 0.379. The van der Waals surface area contributed by atoms with Crippen molar-refractivity contribution in [3.63, 3.8) is 0 Å². The number of fused-ring (bicyclic) bond motifs is 1. The first-order chi connectivity index (χ1) is 17.8. The number of ether oxygens (including phenoxy) is 1. The number of rotatable bonds is 6. The maximum absolute atomic E-state index is 13.5. The second kappa shape index (κ2) is 10.8. The molecule has 9 heteroatoms. The molecular weight excluding hydrogens is 513 g/mol. The van der Waals surface area contributed by atoms with Gasteiger partial charge in [-0.25, -0.2) is 0 Å². The Kier molecular flexibility index (Phi) is 7.88. The van der Waals surface area contributed by atoms with Gasteiger partial charge in [-0.3, -0.25) is 9.59 Å². The summed E-state index contributed by atoms with van der Waals surface area (Å²) in [5.41, 5.74) is 1.26. The largest absolute Gasteiger partial charge is 0.497 e. The predicted molar refractivity (Wildman–Crippen MR) is 144 cm³/mol. The van der Waals surface area contributed by atoms with Crippen molar-refractivity contribution in [3.8, 4) is 5.75 Å². The van der Waals surface area contributed by atoms with Crippen LogP contribution in [-0.2, 0) is 30.2 Å². The van der Waals surface area contributed by atoms with Crippen molar-refractivity contribution in [1.82, 2.24) is 0 Å². The number of methoxy groups -OCH3 is 1. The molecule has 0 radical (unpaired) electrons. The molecule has 1 aliphatic carbocycles. The summed E-state index contributed by atoms with van der Waals surface area (Å²) in [5, 5.41) is 5.96. The average Bonchev–Trinajstić information content (AvgIpc) is 3.20. The lowest BCUT2D eigenvalue weighted by Gasteiger charge is -2.33.